The SMILES string of the molecule is CC(=O)OC(C)C#CC1(O)CCN(C(=O)OC(C)(C)C)CC1. The van der Waals surface area contributed by atoms with Gasteiger partial charge in [0, 0.05) is 32.9 Å². The third-order valence-electron chi connectivity index (χ3n) is 3.09. The van der Waals surface area contributed by atoms with Gasteiger partial charge in [0.05, 0.1) is 0 Å². The van der Waals surface area contributed by atoms with Crippen LogP contribution in [0.1, 0.15) is 47.5 Å². The molecule has 1 fully saturated rings. The second-order valence-electron chi connectivity index (χ2n) is 6.52. The molecule has 0 aromatic carbocycles. The van der Waals surface area contributed by atoms with Crippen LogP contribution in [0.2, 0.25) is 0 Å². The third-order valence-corrected chi connectivity index (χ3v) is 3.09. The second kappa shape index (κ2) is 7.01. The molecular formula is C16H25NO5. The van der Waals surface area contributed by atoms with Crippen LogP contribution in [-0.2, 0) is 14.3 Å². The molecule has 0 aromatic heterocycles. The minimum atomic E-state index is -1.16. The van der Waals surface area contributed by atoms with Crippen molar-refractivity contribution in [3.8, 4) is 11.8 Å². The van der Waals surface area contributed by atoms with Crippen LogP contribution in [0.15, 0.2) is 0 Å². The predicted octanol–water partition coefficient (Wildman–Crippen LogP) is 1.70. The number of carbonyl (C=O) groups excluding carboxylic acids is 2. The zero-order valence-electron chi connectivity index (χ0n) is 13.9. The Labute approximate surface area is 131 Å². The zero-order valence-corrected chi connectivity index (χ0v) is 13.9. The van der Waals surface area contributed by atoms with Crippen molar-refractivity contribution in [1.82, 2.24) is 4.90 Å². The smallest absolute Gasteiger partial charge is 0.410 e. The zero-order chi connectivity index (χ0) is 17.0. The van der Waals surface area contributed by atoms with Gasteiger partial charge >= 0.3 is 12.1 Å². The van der Waals surface area contributed by atoms with E-state index in [0.717, 1.165) is 0 Å². The number of ether oxygens (including phenoxy) is 2. The number of hydrogen-bond acceptors (Lipinski definition) is 5. The lowest BCUT2D eigenvalue weighted by Gasteiger charge is -2.35. The van der Waals surface area contributed by atoms with Crippen LogP contribution in [0.3, 0.4) is 0 Å². The quantitative estimate of drug-likeness (QED) is 0.589. The molecule has 1 unspecified atom stereocenters. The van der Waals surface area contributed by atoms with E-state index in [0.29, 0.717) is 25.9 Å². The number of carbonyl (C=O) groups is 2. The van der Waals surface area contributed by atoms with Crippen LogP contribution in [-0.4, -0.2) is 52.5 Å². The molecule has 0 aromatic rings. The molecule has 1 heterocycles. The average molecular weight is 311 g/mol. The number of piperidine rings is 1. The number of esters is 1. The highest BCUT2D eigenvalue weighted by Gasteiger charge is 2.34. The van der Waals surface area contributed by atoms with Gasteiger partial charge in [0.15, 0.2) is 6.10 Å². The van der Waals surface area contributed by atoms with Crippen LogP contribution in [0.4, 0.5) is 4.79 Å². The van der Waals surface area contributed by atoms with E-state index in [2.05, 4.69) is 11.8 Å². The molecular weight excluding hydrogens is 286 g/mol. The highest BCUT2D eigenvalue weighted by atomic mass is 16.6. The predicted molar refractivity (Wildman–Crippen MR) is 81.0 cm³/mol. The Morgan fingerprint density at radius 2 is 1.82 bits per heavy atom. The van der Waals surface area contributed by atoms with Crippen molar-refractivity contribution in [2.75, 3.05) is 13.1 Å². The number of nitrogens with zero attached hydrogens (tertiary/aromatic N) is 1. The molecule has 0 saturated carbocycles. The summed E-state index contributed by atoms with van der Waals surface area (Å²) in [6.07, 6.45) is -0.265. The van der Waals surface area contributed by atoms with Gasteiger partial charge in [-0.2, -0.15) is 0 Å². The third kappa shape index (κ3) is 6.35. The van der Waals surface area contributed by atoms with Crippen molar-refractivity contribution in [3.05, 3.63) is 0 Å². The maximum atomic E-state index is 11.9. The van der Waals surface area contributed by atoms with Crippen LogP contribution in [0.25, 0.3) is 0 Å². The maximum Gasteiger partial charge on any atom is 0.410 e. The van der Waals surface area contributed by atoms with E-state index in [4.69, 9.17) is 9.47 Å². The van der Waals surface area contributed by atoms with E-state index in [1.807, 2.05) is 20.8 Å². The van der Waals surface area contributed by atoms with Gasteiger partial charge in [-0.05, 0) is 27.7 Å². The summed E-state index contributed by atoms with van der Waals surface area (Å²) in [7, 11) is 0. The largest absolute Gasteiger partial charge is 0.450 e. The molecule has 0 spiro atoms. The van der Waals surface area contributed by atoms with E-state index in [9.17, 15) is 14.7 Å². The molecule has 1 amide bonds. The Kier molecular flexibility index (Phi) is 5.84. The maximum absolute atomic E-state index is 11.9. The number of aliphatic hydroxyl groups is 1. The summed E-state index contributed by atoms with van der Waals surface area (Å²) in [5.41, 5.74) is -1.70. The van der Waals surface area contributed by atoms with E-state index in [1.165, 1.54) is 6.92 Å². The Hall–Kier alpha value is -1.74. The molecule has 0 aliphatic carbocycles. The summed E-state index contributed by atoms with van der Waals surface area (Å²) < 4.78 is 10.2. The lowest BCUT2D eigenvalue weighted by atomic mass is 9.92. The highest BCUT2D eigenvalue weighted by Crippen LogP contribution is 2.23. The summed E-state index contributed by atoms with van der Waals surface area (Å²) in [6, 6.07) is 0. The van der Waals surface area contributed by atoms with Gasteiger partial charge in [-0.25, -0.2) is 4.79 Å². The van der Waals surface area contributed by atoms with Gasteiger partial charge in [-0.15, -0.1) is 0 Å². The van der Waals surface area contributed by atoms with Gasteiger partial charge in [0.1, 0.15) is 11.2 Å². The molecule has 1 aliphatic heterocycles. The van der Waals surface area contributed by atoms with Crippen molar-refractivity contribution in [2.45, 2.75) is 64.8 Å². The first-order valence-corrected chi connectivity index (χ1v) is 7.41. The molecule has 0 bridgehead atoms. The number of likely N-dealkylation sites (tertiary alicyclic amines) is 1. The van der Waals surface area contributed by atoms with Crippen molar-refractivity contribution < 1.29 is 24.2 Å². The molecule has 1 rings (SSSR count). The number of amides is 1. The Balaban J connectivity index is 2.55. The second-order valence-corrected chi connectivity index (χ2v) is 6.52. The van der Waals surface area contributed by atoms with Crippen molar-refractivity contribution in [1.29, 1.82) is 0 Å². The van der Waals surface area contributed by atoms with Gasteiger partial charge < -0.3 is 19.5 Å². The van der Waals surface area contributed by atoms with Gasteiger partial charge in [-0.3, -0.25) is 4.79 Å². The van der Waals surface area contributed by atoms with Crippen molar-refractivity contribution in [3.63, 3.8) is 0 Å². The minimum absolute atomic E-state index is 0.339. The van der Waals surface area contributed by atoms with Crippen molar-refractivity contribution >= 4 is 12.1 Å². The number of rotatable bonds is 1. The fourth-order valence-electron chi connectivity index (χ4n) is 2.03. The molecule has 6 nitrogen and oxygen atoms in total. The van der Waals surface area contributed by atoms with Crippen LogP contribution in [0.5, 0.6) is 0 Å². The lowest BCUT2D eigenvalue weighted by Crippen LogP contribution is -2.47. The Bertz CT molecular complexity index is 475. The summed E-state index contributed by atoms with van der Waals surface area (Å²) in [4.78, 5) is 24.3. The molecule has 1 N–H and O–H groups in total. The topological polar surface area (TPSA) is 76.1 Å². The number of hydrogen-bond donors (Lipinski definition) is 1. The summed E-state index contributed by atoms with van der Waals surface area (Å²) in [6.45, 7) is 9.15. The van der Waals surface area contributed by atoms with Gasteiger partial charge in [0.25, 0.3) is 0 Å². The Morgan fingerprint density at radius 1 is 1.27 bits per heavy atom. The van der Waals surface area contributed by atoms with Crippen LogP contribution in [0, 0.1) is 11.8 Å². The first kappa shape index (κ1) is 18.3. The van der Waals surface area contributed by atoms with Crippen LogP contribution >= 0.6 is 0 Å². The fraction of sp³-hybridized carbons (Fsp3) is 0.750. The van der Waals surface area contributed by atoms with Crippen LogP contribution < -0.4 is 0 Å². The van der Waals surface area contributed by atoms with E-state index < -0.39 is 23.3 Å². The summed E-state index contributed by atoms with van der Waals surface area (Å²) in [5, 5.41) is 10.4. The van der Waals surface area contributed by atoms with Gasteiger partial charge in [-0.1, -0.05) is 11.8 Å². The standard InChI is InChI=1S/C16H25NO5/c1-12(21-13(2)18)6-7-16(20)8-10-17(11-9-16)14(19)22-15(3,4)5/h12,20H,8-11H2,1-5H3. The normalized spacial score (nSPS) is 18.7. The van der Waals surface area contributed by atoms with E-state index in [-0.39, 0.29) is 6.09 Å². The summed E-state index contributed by atoms with van der Waals surface area (Å²) >= 11 is 0. The first-order valence-electron chi connectivity index (χ1n) is 7.41. The fourth-order valence-corrected chi connectivity index (χ4v) is 2.03. The lowest BCUT2D eigenvalue weighted by molar-refractivity contribution is -0.143. The molecule has 0 radical (unpaired) electrons. The molecule has 1 aliphatic rings. The molecule has 6 heteroatoms. The summed E-state index contributed by atoms with van der Waals surface area (Å²) in [5.74, 6) is 5.08. The minimum Gasteiger partial charge on any atom is -0.450 e. The van der Waals surface area contributed by atoms with E-state index in [1.54, 1.807) is 11.8 Å². The monoisotopic (exact) mass is 311 g/mol. The molecule has 1 saturated heterocycles. The average Bonchev–Trinajstić information content (AvgIpc) is 2.34. The Morgan fingerprint density at radius 3 is 2.27 bits per heavy atom. The molecule has 1 atom stereocenters. The van der Waals surface area contributed by atoms with Gasteiger partial charge in [0.2, 0.25) is 0 Å². The molecule has 124 valence electrons. The van der Waals surface area contributed by atoms with E-state index >= 15 is 0 Å². The first-order chi connectivity index (χ1) is 10.0. The highest BCUT2D eigenvalue weighted by molar-refractivity contribution is 5.68. The molecule has 22 heavy (non-hydrogen) atoms. The van der Waals surface area contributed by atoms with Crippen molar-refractivity contribution in [2.24, 2.45) is 0 Å².